The van der Waals surface area contributed by atoms with Crippen LogP contribution in [0.3, 0.4) is 0 Å². The molecule has 4 heteroatoms. The Morgan fingerprint density at radius 2 is 2.18 bits per heavy atom. The van der Waals surface area contributed by atoms with Gasteiger partial charge in [0.2, 0.25) is 0 Å². The summed E-state index contributed by atoms with van der Waals surface area (Å²) in [4.78, 5) is 0. The largest absolute Gasteiger partial charge is 0.313 e. The van der Waals surface area contributed by atoms with E-state index in [-0.39, 0.29) is 0 Å². The molecule has 94 valence electrons. The quantitative estimate of drug-likeness (QED) is 0.890. The highest BCUT2D eigenvalue weighted by molar-refractivity contribution is 7.99. The molecule has 1 nitrogen and oxygen atoms in total. The summed E-state index contributed by atoms with van der Waals surface area (Å²) in [6, 6.07) is 4.33. The summed E-state index contributed by atoms with van der Waals surface area (Å²) in [5.74, 6) is 1.66. The second-order valence-corrected chi connectivity index (χ2v) is 5.48. The maximum atomic E-state index is 13.5. The summed E-state index contributed by atoms with van der Waals surface area (Å²) < 4.78 is 26.4. The SMILES string of the molecule is CCNC1CSCC1Cc1ccc(F)cc1F. The number of thioether (sulfide) groups is 1. The average molecular weight is 257 g/mol. The van der Waals surface area contributed by atoms with Gasteiger partial charge in [-0.1, -0.05) is 13.0 Å². The van der Waals surface area contributed by atoms with Crippen LogP contribution < -0.4 is 5.32 Å². The minimum Gasteiger partial charge on any atom is -0.313 e. The number of hydrogen-bond donors (Lipinski definition) is 1. The molecule has 0 spiro atoms. The van der Waals surface area contributed by atoms with Crippen molar-refractivity contribution in [2.45, 2.75) is 19.4 Å². The highest BCUT2D eigenvalue weighted by Crippen LogP contribution is 2.28. The van der Waals surface area contributed by atoms with E-state index >= 15 is 0 Å². The van der Waals surface area contributed by atoms with E-state index < -0.39 is 11.6 Å². The summed E-state index contributed by atoms with van der Waals surface area (Å²) in [6.45, 7) is 3.02. The van der Waals surface area contributed by atoms with Gasteiger partial charge in [-0.3, -0.25) is 0 Å². The summed E-state index contributed by atoms with van der Waals surface area (Å²) >= 11 is 1.90. The fourth-order valence-corrected chi connectivity index (χ4v) is 3.69. The van der Waals surface area contributed by atoms with Crippen molar-refractivity contribution in [3.8, 4) is 0 Å². The van der Waals surface area contributed by atoms with Gasteiger partial charge in [0.15, 0.2) is 0 Å². The predicted octanol–water partition coefficient (Wildman–Crippen LogP) is 2.85. The van der Waals surface area contributed by atoms with Crippen LogP contribution in [-0.2, 0) is 6.42 Å². The third-order valence-electron chi connectivity index (χ3n) is 3.16. The number of benzene rings is 1. The lowest BCUT2D eigenvalue weighted by Gasteiger charge is -2.19. The Hall–Kier alpha value is -0.610. The molecule has 2 unspecified atom stereocenters. The van der Waals surface area contributed by atoms with Gasteiger partial charge in [0, 0.05) is 17.9 Å². The van der Waals surface area contributed by atoms with Crippen LogP contribution in [0.5, 0.6) is 0 Å². The second-order valence-electron chi connectivity index (χ2n) is 4.40. The van der Waals surface area contributed by atoms with Crippen molar-refractivity contribution in [2.24, 2.45) is 5.92 Å². The van der Waals surface area contributed by atoms with E-state index in [4.69, 9.17) is 0 Å². The summed E-state index contributed by atoms with van der Waals surface area (Å²) in [5, 5.41) is 3.43. The minimum absolute atomic E-state index is 0.419. The van der Waals surface area contributed by atoms with Crippen molar-refractivity contribution in [3.63, 3.8) is 0 Å². The average Bonchev–Trinajstić information content (AvgIpc) is 2.71. The van der Waals surface area contributed by atoms with Crippen molar-refractivity contribution in [2.75, 3.05) is 18.1 Å². The van der Waals surface area contributed by atoms with Crippen molar-refractivity contribution in [1.82, 2.24) is 5.32 Å². The Kier molecular flexibility index (Phi) is 4.40. The lowest BCUT2D eigenvalue weighted by molar-refractivity contribution is 0.426. The third kappa shape index (κ3) is 3.19. The molecule has 0 aromatic heterocycles. The first-order valence-electron chi connectivity index (χ1n) is 5.95. The molecule has 1 aliphatic rings. The van der Waals surface area contributed by atoms with Crippen LogP contribution in [0.15, 0.2) is 18.2 Å². The van der Waals surface area contributed by atoms with E-state index in [0.717, 1.165) is 24.1 Å². The molecule has 1 N–H and O–H groups in total. The van der Waals surface area contributed by atoms with Crippen LogP contribution in [0.4, 0.5) is 8.78 Å². The first kappa shape index (κ1) is 12.8. The molecule has 0 saturated carbocycles. The monoisotopic (exact) mass is 257 g/mol. The Morgan fingerprint density at radius 1 is 1.35 bits per heavy atom. The summed E-state index contributed by atoms with van der Waals surface area (Å²) in [6.07, 6.45) is 0.691. The minimum atomic E-state index is -0.504. The zero-order chi connectivity index (χ0) is 12.3. The van der Waals surface area contributed by atoms with Gasteiger partial charge in [0.25, 0.3) is 0 Å². The normalized spacial score (nSPS) is 24.2. The lowest BCUT2D eigenvalue weighted by atomic mass is 9.94. The molecular formula is C13H17F2NS. The van der Waals surface area contributed by atoms with Gasteiger partial charge >= 0.3 is 0 Å². The van der Waals surface area contributed by atoms with E-state index in [1.54, 1.807) is 6.07 Å². The molecule has 17 heavy (non-hydrogen) atoms. The van der Waals surface area contributed by atoms with Crippen LogP contribution in [0.2, 0.25) is 0 Å². The van der Waals surface area contributed by atoms with Gasteiger partial charge in [-0.15, -0.1) is 0 Å². The van der Waals surface area contributed by atoms with Crippen molar-refractivity contribution in [1.29, 1.82) is 0 Å². The lowest BCUT2D eigenvalue weighted by Crippen LogP contribution is -2.36. The molecular weight excluding hydrogens is 240 g/mol. The van der Waals surface area contributed by atoms with Crippen LogP contribution >= 0.6 is 11.8 Å². The number of rotatable bonds is 4. The first-order valence-corrected chi connectivity index (χ1v) is 7.11. The maximum Gasteiger partial charge on any atom is 0.129 e. The smallest absolute Gasteiger partial charge is 0.129 e. The number of nitrogens with one attached hydrogen (secondary N) is 1. The van der Waals surface area contributed by atoms with Crippen LogP contribution in [0.1, 0.15) is 12.5 Å². The van der Waals surface area contributed by atoms with Crippen molar-refractivity contribution < 1.29 is 8.78 Å². The van der Waals surface area contributed by atoms with Crippen LogP contribution in [0.25, 0.3) is 0 Å². The van der Waals surface area contributed by atoms with E-state index in [1.165, 1.54) is 6.07 Å². The highest BCUT2D eigenvalue weighted by atomic mass is 32.2. The third-order valence-corrected chi connectivity index (χ3v) is 4.42. The Balaban J connectivity index is 2.04. The van der Waals surface area contributed by atoms with Gasteiger partial charge in [0.1, 0.15) is 11.6 Å². The molecule has 0 radical (unpaired) electrons. The summed E-state index contributed by atoms with van der Waals surface area (Å²) in [7, 11) is 0. The first-order chi connectivity index (χ1) is 8.20. The maximum absolute atomic E-state index is 13.5. The van der Waals surface area contributed by atoms with Gasteiger partial charge in [-0.05, 0) is 36.3 Å². The van der Waals surface area contributed by atoms with E-state index in [1.807, 2.05) is 11.8 Å². The van der Waals surface area contributed by atoms with Gasteiger partial charge in [-0.2, -0.15) is 11.8 Å². The molecule has 1 aromatic carbocycles. The molecule has 1 heterocycles. The van der Waals surface area contributed by atoms with Crippen molar-refractivity contribution >= 4 is 11.8 Å². The fraction of sp³-hybridized carbons (Fsp3) is 0.538. The highest BCUT2D eigenvalue weighted by Gasteiger charge is 2.27. The van der Waals surface area contributed by atoms with Crippen LogP contribution in [0, 0.1) is 17.6 Å². The molecule has 1 saturated heterocycles. The Bertz CT molecular complexity index is 384. The van der Waals surface area contributed by atoms with E-state index in [0.29, 0.717) is 23.9 Å². The molecule has 2 rings (SSSR count). The van der Waals surface area contributed by atoms with E-state index in [2.05, 4.69) is 12.2 Å². The molecule has 1 aromatic rings. The fourth-order valence-electron chi connectivity index (χ4n) is 2.26. The zero-order valence-electron chi connectivity index (χ0n) is 9.88. The molecule has 1 fully saturated rings. The molecule has 1 aliphatic heterocycles. The zero-order valence-corrected chi connectivity index (χ0v) is 10.7. The molecule has 0 bridgehead atoms. The number of hydrogen-bond acceptors (Lipinski definition) is 2. The molecule has 2 atom stereocenters. The predicted molar refractivity (Wildman–Crippen MR) is 68.3 cm³/mol. The molecule has 0 amide bonds. The van der Waals surface area contributed by atoms with Crippen molar-refractivity contribution in [3.05, 3.63) is 35.4 Å². The van der Waals surface area contributed by atoms with Crippen LogP contribution in [-0.4, -0.2) is 24.1 Å². The molecule has 0 aliphatic carbocycles. The Morgan fingerprint density at radius 3 is 2.88 bits per heavy atom. The number of halogens is 2. The standard InChI is InChI=1S/C13H17F2NS/c1-2-16-13-8-17-7-10(13)5-9-3-4-11(14)6-12(9)15/h3-4,6,10,13,16H,2,5,7-8H2,1H3. The van der Waals surface area contributed by atoms with Gasteiger partial charge in [0.05, 0.1) is 0 Å². The van der Waals surface area contributed by atoms with Gasteiger partial charge in [-0.25, -0.2) is 8.78 Å². The summed E-state index contributed by atoms with van der Waals surface area (Å²) in [5.41, 5.74) is 0.627. The van der Waals surface area contributed by atoms with E-state index in [9.17, 15) is 8.78 Å². The topological polar surface area (TPSA) is 12.0 Å². The second kappa shape index (κ2) is 5.83. The van der Waals surface area contributed by atoms with Gasteiger partial charge < -0.3 is 5.32 Å². The Labute approximate surface area is 105 Å².